The third kappa shape index (κ3) is 3.66. The van der Waals surface area contributed by atoms with Gasteiger partial charge in [-0.05, 0) is 56.7 Å². The number of hydrogen-bond acceptors (Lipinski definition) is 2. The van der Waals surface area contributed by atoms with Gasteiger partial charge in [0.15, 0.2) is 0 Å². The lowest BCUT2D eigenvalue weighted by molar-refractivity contribution is 0.0687. The molecular formula is C17H19FN2O. The molecule has 3 nitrogen and oxygen atoms in total. The van der Waals surface area contributed by atoms with Crippen molar-refractivity contribution in [1.82, 2.24) is 9.88 Å². The first-order chi connectivity index (χ1) is 9.99. The van der Waals surface area contributed by atoms with Crippen LogP contribution in [0.3, 0.4) is 0 Å². The van der Waals surface area contributed by atoms with Gasteiger partial charge < -0.3 is 4.90 Å². The number of hydrogen-bond donors (Lipinski definition) is 0. The molecule has 0 saturated heterocycles. The van der Waals surface area contributed by atoms with Crippen LogP contribution in [0, 0.1) is 12.7 Å². The molecule has 0 radical (unpaired) electrons. The first-order valence-corrected chi connectivity index (χ1v) is 6.96. The third-order valence-corrected chi connectivity index (χ3v) is 3.35. The van der Waals surface area contributed by atoms with Gasteiger partial charge in [-0.15, -0.1) is 0 Å². The van der Waals surface area contributed by atoms with Crippen molar-refractivity contribution >= 4 is 5.91 Å². The highest BCUT2D eigenvalue weighted by Gasteiger charge is 2.20. The lowest BCUT2D eigenvalue weighted by Gasteiger charge is -2.26. The summed E-state index contributed by atoms with van der Waals surface area (Å²) in [6.45, 7) is 6.01. The number of amides is 1. The topological polar surface area (TPSA) is 33.2 Å². The minimum Gasteiger partial charge on any atom is -0.330 e. The number of aryl methyl sites for hydroxylation is 1. The van der Waals surface area contributed by atoms with E-state index in [9.17, 15) is 9.18 Å². The minimum atomic E-state index is -0.299. The van der Waals surface area contributed by atoms with Gasteiger partial charge in [0.1, 0.15) is 5.82 Å². The summed E-state index contributed by atoms with van der Waals surface area (Å²) in [6, 6.07) is 10.1. The van der Waals surface area contributed by atoms with Crippen LogP contribution in [-0.4, -0.2) is 21.8 Å². The van der Waals surface area contributed by atoms with Gasteiger partial charge in [0, 0.05) is 17.8 Å². The van der Waals surface area contributed by atoms with Gasteiger partial charge in [0.05, 0.1) is 12.2 Å². The molecule has 0 bridgehead atoms. The minimum absolute atomic E-state index is 0.0323. The molecule has 2 aromatic rings. The summed E-state index contributed by atoms with van der Waals surface area (Å²) < 4.78 is 13.3. The monoisotopic (exact) mass is 286 g/mol. The quantitative estimate of drug-likeness (QED) is 0.860. The molecule has 0 aliphatic heterocycles. The van der Waals surface area contributed by atoms with E-state index in [0.717, 1.165) is 5.69 Å². The largest absolute Gasteiger partial charge is 0.330 e. The Hall–Kier alpha value is -2.23. The molecule has 0 aliphatic rings. The number of carbonyl (C=O) groups is 1. The molecule has 0 aliphatic carbocycles. The zero-order chi connectivity index (χ0) is 15.4. The summed E-state index contributed by atoms with van der Waals surface area (Å²) in [5, 5.41) is 0. The van der Waals surface area contributed by atoms with Crippen molar-refractivity contribution in [2.45, 2.75) is 33.4 Å². The smallest absolute Gasteiger partial charge is 0.254 e. The Bertz CT molecular complexity index is 626. The van der Waals surface area contributed by atoms with Gasteiger partial charge in [-0.25, -0.2) is 4.39 Å². The number of carbonyl (C=O) groups excluding carboxylic acids is 1. The average Bonchev–Trinajstić information content (AvgIpc) is 2.47. The summed E-state index contributed by atoms with van der Waals surface area (Å²) in [7, 11) is 0. The third-order valence-electron chi connectivity index (χ3n) is 3.35. The van der Waals surface area contributed by atoms with Crippen LogP contribution < -0.4 is 0 Å². The van der Waals surface area contributed by atoms with E-state index in [1.807, 2.05) is 32.0 Å². The molecule has 1 heterocycles. The lowest BCUT2D eigenvalue weighted by atomic mass is 10.1. The maximum atomic E-state index is 13.3. The van der Waals surface area contributed by atoms with E-state index in [2.05, 4.69) is 4.98 Å². The number of benzene rings is 1. The van der Waals surface area contributed by atoms with E-state index in [-0.39, 0.29) is 17.8 Å². The Balaban J connectivity index is 2.25. The second-order valence-corrected chi connectivity index (χ2v) is 5.31. The van der Waals surface area contributed by atoms with Crippen LogP contribution in [0.15, 0.2) is 42.6 Å². The van der Waals surface area contributed by atoms with E-state index in [1.165, 1.54) is 12.1 Å². The van der Waals surface area contributed by atoms with Crippen LogP contribution >= 0.6 is 0 Å². The highest BCUT2D eigenvalue weighted by molar-refractivity contribution is 5.94. The highest BCUT2D eigenvalue weighted by Crippen LogP contribution is 2.15. The molecule has 0 saturated carbocycles. The van der Waals surface area contributed by atoms with Crippen LogP contribution in [-0.2, 0) is 6.54 Å². The Morgan fingerprint density at radius 3 is 2.62 bits per heavy atom. The second kappa shape index (κ2) is 6.48. The summed E-state index contributed by atoms with van der Waals surface area (Å²) in [6.07, 6.45) is 1.71. The Morgan fingerprint density at radius 2 is 2.05 bits per heavy atom. The highest BCUT2D eigenvalue weighted by atomic mass is 19.1. The molecule has 4 heteroatoms. The predicted molar refractivity (Wildman–Crippen MR) is 80.4 cm³/mol. The average molecular weight is 286 g/mol. The molecule has 1 aromatic heterocycles. The fourth-order valence-electron chi connectivity index (χ4n) is 2.10. The van der Waals surface area contributed by atoms with Gasteiger partial charge in [-0.1, -0.05) is 6.07 Å². The molecule has 21 heavy (non-hydrogen) atoms. The number of halogens is 1. The van der Waals surface area contributed by atoms with E-state index in [1.54, 1.807) is 24.1 Å². The maximum Gasteiger partial charge on any atom is 0.254 e. The van der Waals surface area contributed by atoms with Crippen molar-refractivity contribution < 1.29 is 9.18 Å². The number of nitrogens with zero attached hydrogens (tertiary/aromatic N) is 2. The SMILES string of the molecule is Cc1cc(C(=O)N(Cc2ccccn2)C(C)C)ccc1F. The van der Waals surface area contributed by atoms with Crippen LogP contribution in [0.2, 0.25) is 0 Å². The molecule has 1 amide bonds. The lowest BCUT2D eigenvalue weighted by Crippen LogP contribution is -2.36. The van der Waals surface area contributed by atoms with E-state index in [4.69, 9.17) is 0 Å². The first-order valence-electron chi connectivity index (χ1n) is 6.96. The number of rotatable bonds is 4. The fraction of sp³-hybridized carbons (Fsp3) is 0.294. The van der Waals surface area contributed by atoms with Gasteiger partial charge >= 0.3 is 0 Å². The van der Waals surface area contributed by atoms with Crippen molar-refractivity contribution in [3.05, 3.63) is 65.2 Å². The standard InChI is InChI=1S/C17H19FN2O/c1-12(2)20(11-15-6-4-5-9-19-15)17(21)14-7-8-16(18)13(3)10-14/h4-10,12H,11H2,1-3H3. The van der Waals surface area contributed by atoms with Crippen LogP contribution in [0.4, 0.5) is 4.39 Å². The van der Waals surface area contributed by atoms with Crippen molar-refractivity contribution in [1.29, 1.82) is 0 Å². The zero-order valence-electron chi connectivity index (χ0n) is 12.5. The molecule has 2 rings (SSSR count). The molecule has 0 atom stereocenters. The van der Waals surface area contributed by atoms with E-state index in [0.29, 0.717) is 17.7 Å². The summed E-state index contributed by atoms with van der Waals surface area (Å²) >= 11 is 0. The summed E-state index contributed by atoms with van der Waals surface area (Å²) in [5.74, 6) is -0.411. The van der Waals surface area contributed by atoms with Crippen LogP contribution in [0.25, 0.3) is 0 Å². The molecular weight excluding hydrogens is 267 g/mol. The van der Waals surface area contributed by atoms with E-state index < -0.39 is 0 Å². The normalized spacial score (nSPS) is 10.7. The Kier molecular flexibility index (Phi) is 4.68. The number of pyridine rings is 1. The van der Waals surface area contributed by atoms with Gasteiger partial charge in [-0.2, -0.15) is 0 Å². The van der Waals surface area contributed by atoms with Gasteiger partial charge in [0.25, 0.3) is 5.91 Å². The summed E-state index contributed by atoms with van der Waals surface area (Å²) in [4.78, 5) is 18.6. The zero-order valence-corrected chi connectivity index (χ0v) is 12.5. The van der Waals surface area contributed by atoms with Crippen molar-refractivity contribution in [3.63, 3.8) is 0 Å². The van der Waals surface area contributed by atoms with E-state index >= 15 is 0 Å². The Labute approximate surface area is 124 Å². The molecule has 0 unspecified atom stereocenters. The van der Waals surface area contributed by atoms with Gasteiger partial charge in [-0.3, -0.25) is 9.78 Å². The van der Waals surface area contributed by atoms with Crippen molar-refractivity contribution in [2.24, 2.45) is 0 Å². The molecule has 0 fully saturated rings. The van der Waals surface area contributed by atoms with Crippen LogP contribution in [0.1, 0.15) is 35.5 Å². The number of aromatic nitrogens is 1. The summed E-state index contributed by atoms with van der Waals surface area (Å²) in [5.41, 5.74) is 1.80. The van der Waals surface area contributed by atoms with Gasteiger partial charge in [0.2, 0.25) is 0 Å². The predicted octanol–water partition coefficient (Wildman–Crippen LogP) is 3.58. The maximum absolute atomic E-state index is 13.3. The second-order valence-electron chi connectivity index (χ2n) is 5.31. The van der Waals surface area contributed by atoms with Crippen molar-refractivity contribution in [3.8, 4) is 0 Å². The molecule has 0 N–H and O–H groups in total. The molecule has 1 aromatic carbocycles. The fourth-order valence-corrected chi connectivity index (χ4v) is 2.10. The molecule has 110 valence electrons. The van der Waals surface area contributed by atoms with Crippen LogP contribution in [0.5, 0.6) is 0 Å². The first kappa shape index (κ1) is 15.2. The Morgan fingerprint density at radius 1 is 1.29 bits per heavy atom. The van der Waals surface area contributed by atoms with Crippen molar-refractivity contribution in [2.75, 3.05) is 0 Å². The molecule has 0 spiro atoms.